The predicted octanol–water partition coefficient (Wildman–Crippen LogP) is -0.890. The minimum atomic E-state index is -3.02. The fourth-order valence-corrected chi connectivity index (χ4v) is 2.91. The summed E-state index contributed by atoms with van der Waals surface area (Å²) in [5.74, 6) is -6.62. The Balaban J connectivity index is 2.61. The van der Waals surface area contributed by atoms with Crippen LogP contribution < -0.4 is 0 Å². The molecule has 0 saturated carbocycles. The maximum atomic E-state index is 12.1. The van der Waals surface area contributed by atoms with Crippen LogP contribution in [0.4, 0.5) is 0 Å². The second-order valence-corrected chi connectivity index (χ2v) is 5.85. The molecule has 2 aliphatic heterocycles. The third-order valence-electron chi connectivity index (χ3n) is 4.19. The zero-order valence-corrected chi connectivity index (χ0v) is 12.9. The van der Waals surface area contributed by atoms with Crippen molar-refractivity contribution in [3.63, 3.8) is 0 Å². The first-order valence-electron chi connectivity index (χ1n) is 7.42. The Kier molecular flexibility index (Phi) is 4.40. The molecule has 2 fully saturated rings. The van der Waals surface area contributed by atoms with Gasteiger partial charge in [-0.15, -0.1) is 0 Å². The van der Waals surface area contributed by atoms with Crippen molar-refractivity contribution in [2.75, 3.05) is 0 Å². The number of cyclic esters (lactones) is 1. The molecular formula is C14H20O9. The average Bonchev–Trinajstić information content (AvgIpc) is 2.48. The number of ether oxygens (including phenoxy) is 3. The topological polar surface area (TPSA) is 140 Å². The number of fused-ring (bicyclic) bond motifs is 3. The van der Waals surface area contributed by atoms with Crippen LogP contribution in [0.15, 0.2) is 0 Å². The Labute approximate surface area is 132 Å². The van der Waals surface area contributed by atoms with E-state index in [1.165, 1.54) is 6.92 Å². The van der Waals surface area contributed by atoms with Crippen LogP contribution in [0.2, 0.25) is 0 Å². The summed E-state index contributed by atoms with van der Waals surface area (Å²) in [4.78, 5) is 36.1. The van der Waals surface area contributed by atoms with Gasteiger partial charge in [0.15, 0.2) is 5.60 Å². The lowest BCUT2D eigenvalue weighted by Crippen LogP contribution is -2.67. The standard InChI is InChI=1S/C14H20O9/c1-3-5-8(15)13(4-2)14(20)22-10(17)7-12(19,11(18)23-14)6-9(16)21-13/h8,15,19-20H,3-7H2,1-2H3. The molecule has 2 heterocycles. The van der Waals surface area contributed by atoms with Gasteiger partial charge < -0.3 is 29.5 Å². The molecule has 2 aliphatic rings. The normalized spacial score (nSPS) is 38.7. The van der Waals surface area contributed by atoms with Gasteiger partial charge in [0.25, 0.3) is 0 Å². The van der Waals surface area contributed by atoms with Crippen LogP contribution in [0.3, 0.4) is 0 Å². The van der Waals surface area contributed by atoms with Crippen LogP contribution in [0.1, 0.15) is 46.0 Å². The van der Waals surface area contributed by atoms with Gasteiger partial charge in [-0.05, 0) is 12.8 Å². The van der Waals surface area contributed by atoms with Gasteiger partial charge in [0, 0.05) is 0 Å². The molecule has 2 saturated heterocycles. The summed E-state index contributed by atoms with van der Waals surface area (Å²) in [5, 5.41) is 31.2. The molecule has 0 radical (unpaired) electrons. The maximum Gasteiger partial charge on any atom is 0.418 e. The molecule has 23 heavy (non-hydrogen) atoms. The van der Waals surface area contributed by atoms with E-state index in [1.807, 2.05) is 0 Å². The number of carbonyl (C=O) groups is 3. The van der Waals surface area contributed by atoms with Gasteiger partial charge in [0.1, 0.15) is 6.10 Å². The van der Waals surface area contributed by atoms with E-state index in [-0.39, 0.29) is 12.8 Å². The summed E-state index contributed by atoms with van der Waals surface area (Å²) >= 11 is 0. The van der Waals surface area contributed by atoms with E-state index < -0.39 is 54.0 Å². The summed E-state index contributed by atoms with van der Waals surface area (Å²) < 4.78 is 14.7. The van der Waals surface area contributed by atoms with Crippen molar-refractivity contribution in [3.05, 3.63) is 0 Å². The third-order valence-corrected chi connectivity index (χ3v) is 4.19. The Morgan fingerprint density at radius 2 is 1.61 bits per heavy atom. The van der Waals surface area contributed by atoms with Crippen LogP contribution in [0, 0.1) is 0 Å². The molecular weight excluding hydrogens is 312 g/mol. The number of hydrogen-bond donors (Lipinski definition) is 3. The summed E-state index contributed by atoms with van der Waals surface area (Å²) in [6, 6.07) is 0. The lowest BCUT2D eigenvalue weighted by atomic mass is 9.86. The molecule has 0 amide bonds. The number of rotatable bonds is 4. The van der Waals surface area contributed by atoms with E-state index in [4.69, 9.17) is 14.2 Å². The minimum Gasteiger partial charge on any atom is -0.445 e. The quantitative estimate of drug-likeness (QED) is 0.559. The van der Waals surface area contributed by atoms with Gasteiger partial charge >= 0.3 is 23.9 Å². The van der Waals surface area contributed by atoms with Crippen LogP contribution in [0.5, 0.6) is 0 Å². The van der Waals surface area contributed by atoms with Crippen LogP contribution in [-0.2, 0) is 28.6 Å². The van der Waals surface area contributed by atoms with Crippen LogP contribution in [0.25, 0.3) is 0 Å². The van der Waals surface area contributed by atoms with Crippen molar-refractivity contribution < 1.29 is 43.9 Å². The molecule has 0 aromatic carbocycles. The molecule has 9 nitrogen and oxygen atoms in total. The second kappa shape index (κ2) is 5.73. The SMILES string of the molecule is CCCC(O)C1(CC)OC(=O)CC2(O)CC(=O)OC1(O)OC2=O. The average molecular weight is 332 g/mol. The van der Waals surface area contributed by atoms with E-state index in [2.05, 4.69) is 0 Å². The molecule has 0 aromatic rings. The first kappa shape index (κ1) is 17.6. The molecule has 4 unspecified atom stereocenters. The Hall–Kier alpha value is -1.71. The Morgan fingerprint density at radius 1 is 1.04 bits per heavy atom. The third kappa shape index (κ3) is 2.68. The zero-order valence-electron chi connectivity index (χ0n) is 12.9. The van der Waals surface area contributed by atoms with Crippen molar-refractivity contribution >= 4 is 17.9 Å². The lowest BCUT2D eigenvalue weighted by Gasteiger charge is -2.45. The second-order valence-electron chi connectivity index (χ2n) is 5.85. The summed E-state index contributed by atoms with van der Waals surface area (Å²) in [6.07, 6.45) is -2.83. The van der Waals surface area contributed by atoms with Gasteiger partial charge in [0.2, 0.25) is 5.60 Å². The lowest BCUT2D eigenvalue weighted by molar-refractivity contribution is -0.408. The predicted molar refractivity (Wildman–Crippen MR) is 71.3 cm³/mol. The van der Waals surface area contributed by atoms with Crippen molar-refractivity contribution in [3.8, 4) is 0 Å². The van der Waals surface area contributed by atoms with Crippen molar-refractivity contribution in [1.29, 1.82) is 0 Å². The van der Waals surface area contributed by atoms with Crippen molar-refractivity contribution in [1.82, 2.24) is 0 Å². The Morgan fingerprint density at radius 3 is 2.13 bits per heavy atom. The van der Waals surface area contributed by atoms with Gasteiger partial charge in [-0.25, -0.2) is 4.79 Å². The highest BCUT2D eigenvalue weighted by atomic mass is 16.9. The number of aliphatic hydroxyl groups excluding tert-OH is 1. The van der Waals surface area contributed by atoms with Crippen molar-refractivity contribution in [2.24, 2.45) is 0 Å². The fraction of sp³-hybridized carbons (Fsp3) is 0.786. The zero-order chi connectivity index (χ0) is 17.5. The minimum absolute atomic E-state index is 0.0861. The highest BCUT2D eigenvalue weighted by Gasteiger charge is 2.68. The first-order chi connectivity index (χ1) is 10.6. The Bertz CT molecular complexity index is 532. The van der Waals surface area contributed by atoms with Gasteiger partial charge in [-0.1, -0.05) is 20.3 Å². The number of hydrogen-bond acceptors (Lipinski definition) is 9. The molecule has 2 bridgehead atoms. The van der Waals surface area contributed by atoms with E-state index in [9.17, 15) is 29.7 Å². The highest BCUT2D eigenvalue weighted by Crippen LogP contribution is 2.43. The molecule has 4 atom stereocenters. The van der Waals surface area contributed by atoms with E-state index in [0.717, 1.165) is 0 Å². The summed E-state index contributed by atoms with van der Waals surface area (Å²) in [7, 11) is 0. The molecule has 3 N–H and O–H groups in total. The van der Waals surface area contributed by atoms with Gasteiger partial charge in [-0.2, -0.15) is 0 Å². The maximum absolute atomic E-state index is 12.1. The van der Waals surface area contributed by atoms with Crippen LogP contribution >= 0.6 is 0 Å². The molecule has 0 spiro atoms. The van der Waals surface area contributed by atoms with E-state index in [1.54, 1.807) is 6.92 Å². The van der Waals surface area contributed by atoms with E-state index in [0.29, 0.717) is 6.42 Å². The van der Waals surface area contributed by atoms with Crippen molar-refractivity contribution in [2.45, 2.75) is 69.2 Å². The molecule has 0 aliphatic carbocycles. The monoisotopic (exact) mass is 332 g/mol. The van der Waals surface area contributed by atoms with Crippen LogP contribution in [-0.4, -0.2) is 56.5 Å². The number of esters is 3. The molecule has 0 aromatic heterocycles. The summed E-state index contributed by atoms with van der Waals surface area (Å²) in [6.45, 7) is 3.20. The summed E-state index contributed by atoms with van der Waals surface area (Å²) in [5.41, 5.74) is -4.66. The molecule has 2 rings (SSSR count). The fourth-order valence-electron chi connectivity index (χ4n) is 2.91. The van der Waals surface area contributed by atoms with Gasteiger partial charge in [-0.3, -0.25) is 9.59 Å². The smallest absolute Gasteiger partial charge is 0.418 e. The number of aliphatic hydroxyl groups is 3. The largest absolute Gasteiger partial charge is 0.445 e. The first-order valence-corrected chi connectivity index (χ1v) is 7.42. The molecule has 130 valence electrons. The number of carbonyl (C=O) groups excluding carboxylic acids is 3. The van der Waals surface area contributed by atoms with E-state index >= 15 is 0 Å². The molecule has 9 heteroatoms. The van der Waals surface area contributed by atoms with Gasteiger partial charge in [0.05, 0.1) is 12.8 Å². The highest BCUT2D eigenvalue weighted by molar-refractivity contribution is 5.92.